The van der Waals surface area contributed by atoms with Crippen LogP contribution in [0, 0.1) is 0 Å². The molecule has 2 aromatic carbocycles. The van der Waals surface area contributed by atoms with Crippen LogP contribution in [0.1, 0.15) is 50.3 Å². The van der Waals surface area contributed by atoms with Crippen molar-refractivity contribution in [3.05, 3.63) is 65.2 Å². The van der Waals surface area contributed by atoms with Gasteiger partial charge >= 0.3 is 0 Å². The lowest BCUT2D eigenvalue weighted by Gasteiger charge is -2.29. The smallest absolute Gasteiger partial charge is 0.261 e. The number of rotatable bonds is 6. The van der Waals surface area contributed by atoms with E-state index in [0.717, 1.165) is 25.0 Å². The minimum absolute atomic E-state index is 0.0701. The predicted octanol–water partition coefficient (Wildman–Crippen LogP) is 4.47. The molecule has 26 heavy (non-hydrogen) atoms. The molecule has 0 saturated carbocycles. The molecule has 1 atom stereocenters. The average Bonchev–Trinajstić information content (AvgIpc) is 2.62. The van der Waals surface area contributed by atoms with Gasteiger partial charge in [-0.3, -0.25) is 4.79 Å². The van der Waals surface area contributed by atoms with Crippen molar-refractivity contribution in [1.82, 2.24) is 5.32 Å². The number of ether oxygens (including phenoxy) is 1. The third-order valence-corrected chi connectivity index (χ3v) is 4.98. The Hall–Kier alpha value is -2.29. The van der Waals surface area contributed by atoms with Gasteiger partial charge in [-0.25, -0.2) is 0 Å². The van der Waals surface area contributed by atoms with Crippen LogP contribution in [-0.4, -0.2) is 17.6 Å². The summed E-state index contributed by atoms with van der Waals surface area (Å²) in [6.45, 7) is 5.93. The molecule has 0 saturated heterocycles. The number of benzene rings is 2. The molecule has 3 rings (SSSR count). The van der Waals surface area contributed by atoms with E-state index in [1.807, 2.05) is 37.3 Å². The first-order chi connectivity index (χ1) is 12.4. The number of amides is 1. The molecule has 0 bridgehead atoms. The van der Waals surface area contributed by atoms with Crippen LogP contribution in [0.5, 0.6) is 5.75 Å². The highest BCUT2D eigenvalue weighted by Gasteiger charge is 2.26. The van der Waals surface area contributed by atoms with E-state index in [4.69, 9.17) is 4.74 Å². The molecule has 1 N–H and O–H groups in total. The Morgan fingerprint density at radius 2 is 1.81 bits per heavy atom. The number of hydrogen-bond acceptors (Lipinski definition) is 2. The summed E-state index contributed by atoms with van der Waals surface area (Å²) in [6.07, 6.45) is 4.85. The van der Waals surface area contributed by atoms with Crippen molar-refractivity contribution in [1.29, 1.82) is 0 Å². The van der Waals surface area contributed by atoms with Gasteiger partial charge in [0.2, 0.25) is 0 Å². The molecule has 0 aliphatic heterocycles. The van der Waals surface area contributed by atoms with Gasteiger partial charge in [0.15, 0.2) is 6.10 Å². The summed E-state index contributed by atoms with van der Waals surface area (Å²) >= 11 is 0. The summed E-state index contributed by atoms with van der Waals surface area (Å²) in [4.78, 5) is 12.7. The van der Waals surface area contributed by atoms with Crippen LogP contribution in [0.25, 0.3) is 0 Å². The van der Waals surface area contributed by atoms with Crippen molar-refractivity contribution >= 4 is 5.91 Å². The molecule has 1 amide bonds. The van der Waals surface area contributed by atoms with Crippen LogP contribution in [0.3, 0.4) is 0 Å². The zero-order chi connectivity index (χ0) is 18.6. The summed E-state index contributed by atoms with van der Waals surface area (Å²) in [6, 6.07) is 16.4. The van der Waals surface area contributed by atoms with Gasteiger partial charge in [0.05, 0.1) is 0 Å². The molecule has 1 aliphatic rings. The van der Waals surface area contributed by atoms with Crippen molar-refractivity contribution in [3.63, 3.8) is 0 Å². The summed E-state index contributed by atoms with van der Waals surface area (Å²) in [5, 5.41) is 3.14. The predicted molar refractivity (Wildman–Crippen MR) is 106 cm³/mol. The van der Waals surface area contributed by atoms with Crippen LogP contribution in [0.2, 0.25) is 0 Å². The van der Waals surface area contributed by atoms with Crippen LogP contribution in [0.4, 0.5) is 0 Å². The highest BCUT2D eigenvalue weighted by atomic mass is 16.5. The number of aryl methyl sites for hydroxylation is 1. The van der Waals surface area contributed by atoms with Crippen molar-refractivity contribution in [2.24, 2.45) is 0 Å². The Morgan fingerprint density at radius 1 is 1.08 bits per heavy atom. The van der Waals surface area contributed by atoms with E-state index in [2.05, 4.69) is 37.4 Å². The molecular weight excluding hydrogens is 322 g/mol. The van der Waals surface area contributed by atoms with Gasteiger partial charge in [-0.2, -0.15) is 0 Å². The molecule has 1 aliphatic carbocycles. The van der Waals surface area contributed by atoms with Gasteiger partial charge in [0.25, 0.3) is 5.91 Å². The van der Waals surface area contributed by atoms with Gasteiger partial charge in [-0.05, 0) is 75.6 Å². The first kappa shape index (κ1) is 18.5. The SMILES string of the molecule is C[C@@H](Oc1cccc2c1CCCC2)C(=O)NC(C)(C)Cc1ccccc1. The molecular formula is C23H29NO2. The maximum Gasteiger partial charge on any atom is 0.261 e. The topological polar surface area (TPSA) is 38.3 Å². The van der Waals surface area contributed by atoms with Gasteiger partial charge in [0, 0.05) is 5.54 Å². The van der Waals surface area contributed by atoms with Crippen LogP contribution in [0.15, 0.2) is 48.5 Å². The number of fused-ring (bicyclic) bond motifs is 1. The number of hydrogen-bond donors (Lipinski definition) is 1. The summed E-state index contributed by atoms with van der Waals surface area (Å²) in [5.74, 6) is 0.796. The summed E-state index contributed by atoms with van der Waals surface area (Å²) in [7, 11) is 0. The molecule has 3 nitrogen and oxygen atoms in total. The van der Waals surface area contributed by atoms with E-state index in [1.165, 1.54) is 29.5 Å². The van der Waals surface area contributed by atoms with Crippen molar-refractivity contribution < 1.29 is 9.53 Å². The van der Waals surface area contributed by atoms with Gasteiger partial charge in [-0.15, -0.1) is 0 Å². The van der Waals surface area contributed by atoms with Crippen molar-refractivity contribution in [2.75, 3.05) is 0 Å². The van der Waals surface area contributed by atoms with Crippen LogP contribution < -0.4 is 10.1 Å². The first-order valence-electron chi connectivity index (χ1n) is 9.58. The fourth-order valence-electron chi connectivity index (χ4n) is 3.69. The molecule has 0 fully saturated rings. The molecule has 0 radical (unpaired) electrons. The van der Waals surface area contributed by atoms with Gasteiger partial charge in [-0.1, -0.05) is 42.5 Å². The van der Waals surface area contributed by atoms with Crippen LogP contribution in [-0.2, 0) is 24.1 Å². The van der Waals surface area contributed by atoms with Crippen molar-refractivity contribution in [3.8, 4) is 5.75 Å². The number of carbonyl (C=O) groups is 1. The fraction of sp³-hybridized carbons (Fsp3) is 0.435. The van der Waals surface area contributed by atoms with E-state index < -0.39 is 6.10 Å². The maximum atomic E-state index is 12.7. The van der Waals surface area contributed by atoms with E-state index in [-0.39, 0.29) is 11.4 Å². The van der Waals surface area contributed by atoms with E-state index in [1.54, 1.807) is 0 Å². The molecule has 138 valence electrons. The monoisotopic (exact) mass is 351 g/mol. The Balaban J connectivity index is 1.63. The zero-order valence-corrected chi connectivity index (χ0v) is 16.0. The van der Waals surface area contributed by atoms with Crippen LogP contribution >= 0.6 is 0 Å². The number of carbonyl (C=O) groups excluding carboxylic acids is 1. The van der Waals surface area contributed by atoms with E-state index in [0.29, 0.717) is 0 Å². The normalized spacial score (nSPS) is 15.0. The Morgan fingerprint density at radius 3 is 2.58 bits per heavy atom. The summed E-state index contributed by atoms with van der Waals surface area (Å²) in [5.41, 5.74) is 3.53. The average molecular weight is 351 g/mol. The minimum Gasteiger partial charge on any atom is -0.481 e. The Labute approximate surface area is 156 Å². The largest absolute Gasteiger partial charge is 0.481 e. The van der Waals surface area contributed by atoms with E-state index in [9.17, 15) is 4.79 Å². The molecule has 0 heterocycles. The van der Waals surface area contributed by atoms with Gasteiger partial charge < -0.3 is 10.1 Å². The second-order valence-corrected chi connectivity index (χ2v) is 7.90. The highest BCUT2D eigenvalue weighted by Crippen LogP contribution is 2.30. The second-order valence-electron chi connectivity index (χ2n) is 7.90. The van der Waals surface area contributed by atoms with E-state index >= 15 is 0 Å². The Bertz CT molecular complexity index is 752. The molecule has 0 aromatic heterocycles. The standard InChI is InChI=1S/C23H29NO2/c1-17(26-21-15-9-13-19-12-7-8-14-20(19)21)22(25)24-23(2,3)16-18-10-5-4-6-11-18/h4-6,9-11,13,15,17H,7-8,12,14,16H2,1-3H3,(H,24,25)/t17-/m1/s1. The Kier molecular flexibility index (Phi) is 5.65. The van der Waals surface area contributed by atoms with Crippen molar-refractivity contribution in [2.45, 2.75) is 64.5 Å². The fourth-order valence-corrected chi connectivity index (χ4v) is 3.69. The summed E-state index contributed by atoms with van der Waals surface area (Å²) < 4.78 is 6.06. The third-order valence-electron chi connectivity index (χ3n) is 4.98. The lowest BCUT2D eigenvalue weighted by Crippen LogP contribution is -2.49. The molecule has 3 heteroatoms. The lowest BCUT2D eigenvalue weighted by atomic mass is 9.91. The van der Waals surface area contributed by atoms with Gasteiger partial charge in [0.1, 0.15) is 5.75 Å². The number of nitrogens with one attached hydrogen (secondary N) is 1. The first-order valence-corrected chi connectivity index (χ1v) is 9.58. The maximum absolute atomic E-state index is 12.7. The quantitative estimate of drug-likeness (QED) is 0.834. The third kappa shape index (κ3) is 4.66. The molecule has 0 unspecified atom stereocenters. The minimum atomic E-state index is -0.515. The highest BCUT2D eigenvalue weighted by molar-refractivity contribution is 5.81. The lowest BCUT2D eigenvalue weighted by molar-refractivity contribution is -0.128. The zero-order valence-electron chi connectivity index (χ0n) is 16.0. The molecule has 2 aromatic rings. The molecule has 0 spiro atoms. The second kappa shape index (κ2) is 7.94.